The van der Waals surface area contributed by atoms with Crippen LogP contribution in [0.4, 0.5) is 11.4 Å². The van der Waals surface area contributed by atoms with Gasteiger partial charge < -0.3 is 20.1 Å². The highest BCUT2D eigenvalue weighted by molar-refractivity contribution is 7.80. The van der Waals surface area contributed by atoms with Crippen LogP contribution in [-0.2, 0) is 12.8 Å². The summed E-state index contributed by atoms with van der Waals surface area (Å²) >= 11 is 5.47. The quantitative estimate of drug-likeness (QED) is 0.771. The Bertz CT molecular complexity index is 697. The largest absolute Gasteiger partial charge is 0.481 e. The van der Waals surface area contributed by atoms with Crippen molar-refractivity contribution in [3.8, 4) is 11.8 Å². The van der Waals surface area contributed by atoms with E-state index in [0.29, 0.717) is 22.6 Å². The summed E-state index contributed by atoms with van der Waals surface area (Å²) in [4.78, 5) is 4.24. The average molecular weight is 345 g/mol. The van der Waals surface area contributed by atoms with Gasteiger partial charge in [0.05, 0.1) is 14.2 Å². The summed E-state index contributed by atoms with van der Waals surface area (Å²) in [5, 5.41) is 6.95. The van der Waals surface area contributed by atoms with E-state index in [1.807, 2.05) is 6.07 Å². The molecular weight excluding hydrogens is 322 g/mol. The molecule has 6 heteroatoms. The fraction of sp³-hybridized carbons (Fsp3) is 0.333. The first-order chi connectivity index (χ1) is 11.6. The molecule has 0 unspecified atom stereocenters. The molecule has 0 atom stereocenters. The Morgan fingerprint density at radius 2 is 1.67 bits per heavy atom. The second-order valence-electron chi connectivity index (χ2n) is 5.15. The molecule has 0 saturated heterocycles. The van der Waals surface area contributed by atoms with Gasteiger partial charge in [-0.25, -0.2) is 0 Å². The SMILES string of the molecule is CCc1cccc(CC)c1NC(=S)Nc1ccc(OC)nc1OC. The number of hydrogen-bond donors (Lipinski definition) is 2. The van der Waals surface area contributed by atoms with Gasteiger partial charge in [0.25, 0.3) is 0 Å². The van der Waals surface area contributed by atoms with Crippen LogP contribution in [0.1, 0.15) is 25.0 Å². The lowest BCUT2D eigenvalue weighted by atomic mass is 10.0. The van der Waals surface area contributed by atoms with Gasteiger partial charge in [0.15, 0.2) is 5.11 Å². The number of nitrogens with one attached hydrogen (secondary N) is 2. The molecule has 0 aliphatic carbocycles. The van der Waals surface area contributed by atoms with Crippen molar-refractivity contribution in [3.63, 3.8) is 0 Å². The van der Waals surface area contributed by atoms with Crippen LogP contribution < -0.4 is 20.1 Å². The number of thiocarbonyl (C=S) groups is 1. The lowest BCUT2D eigenvalue weighted by Gasteiger charge is -2.17. The predicted molar refractivity (Wildman–Crippen MR) is 102 cm³/mol. The normalized spacial score (nSPS) is 10.2. The highest BCUT2D eigenvalue weighted by Gasteiger charge is 2.11. The van der Waals surface area contributed by atoms with E-state index in [0.717, 1.165) is 18.5 Å². The van der Waals surface area contributed by atoms with Crippen LogP contribution in [0.2, 0.25) is 0 Å². The number of pyridine rings is 1. The molecule has 0 amide bonds. The zero-order valence-corrected chi connectivity index (χ0v) is 15.3. The summed E-state index contributed by atoms with van der Waals surface area (Å²) in [7, 11) is 3.13. The zero-order chi connectivity index (χ0) is 17.5. The summed E-state index contributed by atoms with van der Waals surface area (Å²) in [5.41, 5.74) is 4.22. The number of para-hydroxylation sites is 1. The van der Waals surface area contributed by atoms with E-state index < -0.39 is 0 Å². The first kappa shape index (κ1) is 18.0. The number of nitrogens with zero attached hydrogens (tertiary/aromatic N) is 1. The number of aromatic nitrogens is 1. The Morgan fingerprint density at radius 1 is 1.00 bits per heavy atom. The highest BCUT2D eigenvalue weighted by atomic mass is 32.1. The Hall–Kier alpha value is -2.34. The Labute approximate surface area is 148 Å². The van der Waals surface area contributed by atoms with Gasteiger partial charge in [-0.3, -0.25) is 0 Å². The van der Waals surface area contributed by atoms with E-state index in [9.17, 15) is 0 Å². The second-order valence-corrected chi connectivity index (χ2v) is 5.56. The van der Waals surface area contributed by atoms with E-state index >= 15 is 0 Å². The molecule has 1 aromatic heterocycles. The van der Waals surface area contributed by atoms with Gasteiger partial charge in [-0.05, 0) is 42.3 Å². The summed E-state index contributed by atoms with van der Waals surface area (Å²) in [6.45, 7) is 4.26. The number of rotatable bonds is 6. The maximum Gasteiger partial charge on any atom is 0.240 e. The van der Waals surface area contributed by atoms with Crippen LogP contribution in [0.25, 0.3) is 0 Å². The Kier molecular flexibility index (Phi) is 6.37. The molecule has 0 fully saturated rings. The fourth-order valence-corrected chi connectivity index (χ4v) is 2.67. The molecule has 0 spiro atoms. The van der Waals surface area contributed by atoms with Crippen molar-refractivity contribution in [2.45, 2.75) is 26.7 Å². The Balaban J connectivity index is 2.20. The fourth-order valence-electron chi connectivity index (χ4n) is 2.46. The molecule has 0 saturated carbocycles. The third-order valence-corrected chi connectivity index (χ3v) is 3.93. The first-order valence-corrected chi connectivity index (χ1v) is 8.31. The molecule has 5 nitrogen and oxygen atoms in total. The number of anilines is 2. The molecule has 0 aliphatic heterocycles. The van der Waals surface area contributed by atoms with Crippen LogP contribution in [-0.4, -0.2) is 24.3 Å². The highest BCUT2D eigenvalue weighted by Crippen LogP contribution is 2.26. The number of benzene rings is 1. The standard InChI is InChI=1S/C18H23N3O2S/c1-5-12-8-7-9-13(6-2)16(12)21-18(24)19-14-10-11-15(22-3)20-17(14)23-4/h7-11H,5-6H2,1-4H3,(H2,19,21,24). The summed E-state index contributed by atoms with van der Waals surface area (Å²) in [5.74, 6) is 0.916. The molecule has 1 heterocycles. The molecule has 2 rings (SSSR count). The second kappa shape index (κ2) is 8.49. The van der Waals surface area contributed by atoms with Crippen LogP contribution in [0.15, 0.2) is 30.3 Å². The molecule has 2 aromatic rings. The van der Waals surface area contributed by atoms with Crippen molar-refractivity contribution in [2.24, 2.45) is 0 Å². The van der Waals surface area contributed by atoms with Crippen molar-refractivity contribution in [1.82, 2.24) is 4.98 Å². The van der Waals surface area contributed by atoms with Crippen molar-refractivity contribution in [3.05, 3.63) is 41.5 Å². The number of hydrogen-bond acceptors (Lipinski definition) is 4. The molecule has 1 aromatic carbocycles. The monoisotopic (exact) mass is 345 g/mol. The minimum atomic E-state index is 0.429. The summed E-state index contributed by atoms with van der Waals surface area (Å²) in [6.07, 6.45) is 1.87. The molecule has 24 heavy (non-hydrogen) atoms. The third kappa shape index (κ3) is 4.14. The summed E-state index contributed by atoms with van der Waals surface area (Å²) in [6, 6.07) is 9.88. The molecular formula is C18H23N3O2S. The van der Waals surface area contributed by atoms with E-state index in [1.54, 1.807) is 20.3 Å². The van der Waals surface area contributed by atoms with Gasteiger partial charge in [-0.15, -0.1) is 0 Å². The van der Waals surface area contributed by atoms with Crippen molar-refractivity contribution < 1.29 is 9.47 Å². The number of methoxy groups -OCH3 is 2. The minimum Gasteiger partial charge on any atom is -0.481 e. The maximum atomic E-state index is 5.47. The van der Waals surface area contributed by atoms with Gasteiger partial charge in [-0.1, -0.05) is 32.0 Å². The predicted octanol–water partition coefficient (Wildman–Crippen LogP) is 4.03. The summed E-state index contributed by atoms with van der Waals surface area (Å²) < 4.78 is 10.4. The zero-order valence-electron chi connectivity index (χ0n) is 14.5. The lowest BCUT2D eigenvalue weighted by molar-refractivity contribution is 0.366. The minimum absolute atomic E-state index is 0.429. The van der Waals surface area contributed by atoms with Crippen LogP contribution in [0.5, 0.6) is 11.8 Å². The number of ether oxygens (including phenoxy) is 2. The molecule has 128 valence electrons. The van der Waals surface area contributed by atoms with E-state index in [2.05, 4.69) is 47.7 Å². The molecule has 0 radical (unpaired) electrons. The van der Waals surface area contributed by atoms with E-state index in [-0.39, 0.29) is 0 Å². The molecule has 0 bridgehead atoms. The molecule has 2 N–H and O–H groups in total. The maximum absolute atomic E-state index is 5.47. The van der Waals surface area contributed by atoms with Gasteiger partial charge in [-0.2, -0.15) is 4.98 Å². The lowest BCUT2D eigenvalue weighted by Crippen LogP contribution is -2.21. The average Bonchev–Trinajstić information content (AvgIpc) is 2.62. The smallest absolute Gasteiger partial charge is 0.240 e. The van der Waals surface area contributed by atoms with Crippen molar-refractivity contribution >= 4 is 28.7 Å². The van der Waals surface area contributed by atoms with Gasteiger partial charge in [0, 0.05) is 11.8 Å². The van der Waals surface area contributed by atoms with Gasteiger partial charge in [0.2, 0.25) is 11.8 Å². The van der Waals surface area contributed by atoms with Gasteiger partial charge >= 0.3 is 0 Å². The van der Waals surface area contributed by atoms with Crippen LogP contribution >= 0.6 is 12.2 Å². The topological polar surface area (TPSA) is 55.4 Å². The number of aryl methyl sites for hydroxylation is 2. The Morgan fingerprint density at radius 3 is 2.21 bits per heavy atom. The van der Waals surface area contributed by atoms with E-state index in [4.69, 9.17) is 21.7 Å². The first-order valence-electron chi connectivity index (χ1n) is 7.90. The molecule has 0 aliphatic rings. The van der Waals surface area contributed by atoms with Crippen molar-refractivity contribution in [2.75, 3.05) is 24.9 Å². The van der Waals surface area contributed by atoms with Crippen LogP contribution in [0.3, 0.4) is 0 Å². The van der Waals surface area contributed by atoms with Gasteiger partial charge in [0.1, 0.15) is 5.69 Å². The van der Waals surface area contributed by atoms with Crippen molar-refractivity contribution in [1.29, 1.82) is 0 Å². The van der Waals surface area contributed by atoms with Crippen LogP contribution in [0, 0.1) is 0 Å². The third-order valence-electron chi connectivity index (χ3n) is 3.72. The van der Waals surface area contributed by atoms with E-state index in [1.165, 1.54) is 11.1 Å².